The van der Waals surface area contributed by atoms with Crippen LogP contribution in [0.5, 0.6) is 0 Å². The van der Waals surface area contributed by atoms with E-state index in [1.54, 1.807) is 7.11 Å². The Labute approximate surface area is 138 Å². The van der Waals surface area contributed by atoms with Gasteiger partial charge in [0, 0.05) is 29.8 Å². The van der Waals surface area contributed by atoms with Crippen molar-refractivity contribution >= 4 is 33.3 Å². The van der Waals surface area contributed by atoms with Crippen LogP contribution < -0.4 is 5.32 Å². The molecule has 1 heterocycles. The van der Waals surface area contributed by atoms with Crippen LogP contribution in [0.3, 0.4) is 0 Å². The zero-order valence-corrected chi connectivity index (χ0v) is 14.3. The molecule has 6 heteroatoms. The van der Waals surface area contributed by atoms with Crippen LogP contribution in [0.2, 0.25) is 5.02 Å². The van der Waals surface area contributed by atoms with E-state index in [1.165, 1.54) is 0 Å². The van der Waals surface area contributed by atoms with Crippen molar-refractivity contribution < 1.29 is 4.74 Å². The third-order valence-corrected chi connectivity index (χ3v) is 3.62. The highest BCUT2D eigenvalue weighted by molar-refractivity contribution is 9.10. The number of ether oxygens (including phenoxy) is 1. The number of halogens is 2. The maximum Gasteiger partial charge on any atom is 0.163 e. The normalized spacial score (nSPS) is 10.7. The number of rotatable bonds is 6. The van der Waals surface area contributed by atoms with Crippen LogP contribution in [0.25, 0.3) is 11.4 Å². The molecule has 0 unspecified atom stereocenters. The van der Waals surface area contributed by atoms with Gasteiger partial charge in [0.1, 0.15) is 5.82 Å². The van der Waals surface area contributed by atoms with Crippen molar-refractivity contribution in [2.45, 2.75) is 20.0 Å². The van der Waals surface area contributed by atoms with Gasteiger partial charge in [-0.25, -0.2) is 9.97 Å². The molecule has 0 aliphatic heterocycles. The lowest BCUT2D eigenvalue weighted by Gasteiger charge is -2.10. The average Bonchev–Trinajstić information content (AvgIpc) is 2.48. The molecule has 0 saturated heterocycles. The molecule has 0 saturated carbocycles. The zero-order chi connectivity index (χ0) is 15.2. The summed E-state index contributed by atoms with van der Waals surface area (Å²) < 4.78 is 6.11. The number of benzene rings is 1. The molecule has 0 spiro atoms. The van der Waals surface area contributed by atoms with Gasteiger partial charge in [0.15, 0.2) is 5.82 Å². The van der Waals surface area contributed by atoms with E-state index in [9.17, 15) is 0 Å². The quantitative estimate of drug-likeness (QED) is 0.811. The summed E-state index contributed by atoms with van der Waals surface area (Å²) in [5.74, 6) is 1.37. The molecule has 0 amide bonds. The van der Waals surface area contributed by atoms with Crippen LogP contribution in [-0.4, -0.2) is 23.6 Å². The smallest absolute Gasteiger partial charge is 0.163 e. The van der Waals surface area contributed by atoms with Crippen LogP contribution in [-0.2, 0) is 11.3 Å². The maximum absolute atomic E-state index is 6.26. The number of nitrogens with one attached hydrogen (secondary N) is 1. The second kappa shape index (κ2) is 7.73. The highest BCUT2D eigenvalue weighted by Gasteiger charge is 2.11. The molecule has 112 valence electrons. The fraction of sp³-hybridized carbons (Fsp3) is 0.333. The summed E-state index contributed by atoms with van der Waals surface area (Å²) in [4.78, 5) is 9.06. The molecule has 2 aromatic rings. The van der Waals surface area contributed by atoms with Gasteiger partial charge >= 0.3 is 0 Å². The van der Waals surface area contributed by atoms with Gasteiger partial charge in [-0.05, 0) is 24.6 Å². The Morgan fingerprint density at radius 1 is 1.29 bits per heavy atom. The van der Waals surface area contributed by atoms with Crippen molar-refractivity contribution in [3.8, 4) is 11.4 Å². The Bertz CT molecular complexity index is 622. The predicted octanol–water partition coefficient (Wildman–Crippen LogP) is 4.53. The first-order chi connectivity index (χ1) is 10.1. The minimum atomic E-state index is 0.432. The van der Waals surface area contributed by atoms with Gasteiger partial charge < -0.3 is 10.1 Å². The van der Waals surface area contributed by atoms with Crippen molar-refractivity contribution in [2.24, 2.45) is 0 Å². The summed E-state index contributed by atoms with van der Waals surface area (Å²) in [7, 11) is 1.65. The molecule has 1 N–H and O–H groups in total. The van der Waals surface area contributed by atoms with E-state index < -0.39 is 0 Å². The highest BCUT2D eigenvalue weighted by Crippen LogP contribution is 2.29. The fourth-order valence-corrected chi connectivity index (χ4v) is 2.42. The first-order valence-electron chi connectivity index (χ1n) is 6.70. The molecule has 0 bridgehead atoms. The van der Waals surface area contributed by atoms with Crippen LogP contribution in [0.4, 0.5) is 5.82 Å². The topological polar surface area (TPSA) is 47.0 Å². The number of anilines is 1. The largest absolute Gasteiger partial charge is 0.378 e. The molecular formula is C15H17BrClN3O. The Kier molecular flexibility index (Phi) is 5.96. The summed E-state index contributed by atoms with van der Waals surface area (Å²) in [5, 5.41) is 3.90. The van der Waals surface area contributed by atoms with Gasteiger partial charge in [0.2, 0.25) is 0 Å². The van der Waals surface area contributed by atoms with Crippen molar-refractivity contribution in [1.82, 2.24) is 9.97 Å². The van der Waals surface area contributed by atoms with E-state index in [0.717, 1.165) is 34.5 Å². The average molecular weight is 371 g/mol. The fourth-order valence-electron chi connectivity index (χ4n) is 1.85. The van der Waals surface area contributed by atoms with Gasteiger partial charge in [-0.3, -0.25) is 0 Å². The number of aromatic nitrogens is 2. The van der Waals surface area contributed by atoms with E-state index in [-0.39, 0.29) is 0 Å². The first-order valence-corrected chi connectivity index (χ1v) is 7.87. The third-order valence-electron chi connectivity index (χ3n) is 2.80. The summed E-state index contributed by atoms with van der Waals surface area (Å²) in [5.41, 5.74) is 1.61. The lowest BCUT2D eigenvalue weighted by Crippen LogP contribution is -2.06. The number of nitrogens with zero attached hydrogens (tertiary/aromatic N) is 2. The zero-order valence-electron chi connectivity index (χ0n) is 12.0. The molecule has 0 atom stereocenters. The Morgan fingerprint density at radius 3 is 2.81 bits per heavy atom. The lowest BCUT2D eigenvalue weighted by atomic mass is 10.2. The standard InChI is InChI=1S/C15H17BrClN3O/c1-3-6-18-14-8-11(9-21-2)19-15(20-14)12-7-10(16)4-5-13(12)17/h4-5,7-8H,3,6,9H2,1-2H3,(H,18,19,20). The summed E-state index contributed by atoms with van der Waals surface area (Å²) >= 11 is 9.71. The lowest BCUT2D eigenvalue weighted by molar-refractivity contribution is 0.181. The van der Waals surface area contributed by atoms with Crippen LogP contribution >= 0.6 is 27.5 Å². The van der Waals surface area contributed by atoms with Gasteiger partial charge in [0.25, 0.3) is 0 Å². The van der Waals surface area contributed by atoms with E-state index in [4.69, 9.17) is 16.3 Å². The molecule has 0 radical (unpaired) electrons. The molecule has 0 aliphatic carbocycles. The van der Waals surface area contributed by atoms with Crippen LogP contribution in [0.1, 0.15) is 19.0 Å². The molecule has 1 aromatic heterocycles. The van der Waals surface area contributed by atoms with Gasteiger partial charge in [-0.2, -0.15) is 0 Å². The van der Waals surface area contributed by atoms with Gasteiger partial charge in [-0.1, -0.05) is 34.5 Å². The van der Waals surface area contributed by atoms with E-state index in [0.29, 0.717) is 17.5 Å². The SMILES string of the molecule is CCCNc1cc(COC)nc(-c2cc(Br)ccc2Cl)n1. The molecular weight excluding hydrogens is 354 g/mol. The minimum absolute atomic E-state index is 0.432. The van der Waals surface area contributed by atoms with Crippen molar-refractivity contribution in [3.63, 3.8) is 0 Å². The monoisotopic (exact) mass is 369 g/mol. The highest BCUT2D eigenvalue weighted by atomic mass is 79.9. The summed E-state index contributed by atoms with van der Waals surface area (Å²) in [6, 6.07) is 7.53. The first kappa shape index (κ1) is 16.2. The van der Waals surface area contributed by atoms with E-state index in [1.807, 2.05) is 24.3 Å². The molecule has 4 nitrogen and oxygen atoms in total. The number of methoxy groups -OCH3 is 1. The molecule has 0 aliphatic rings. The molecule has 0 fully saturated rings. The summed E-state index contributed by atoms with van der Waals surface area (Å²) in [6.07, 6.45) is 1.02. The van der Waals surface area contributed by atoms with Gasteiger partial charge in [0.05, 0.1) is 17.3 Å². The van der Waals surface area contributed by atoms with Crippen molar-refractivity contribution in [2.75, 3.05) is 19.0 Å². The number of hydrogen-bond donors (Lipinski definition) is 1. The summed E-state index contributed by atoms with van der Waals surface area (Å²) in [6.45, 7) is 3.40. The molecule has 1 aromatic carbocycles. The minimum Gasteiger partial charge on any atom is -0.378 e. The Hall–Kier alpha value is -1.17. The predicted molar refractivity (Wildman–Crippen MR) is 89.7 cm³/mol. The Balaban J connectivity index is 2.45. The maximum atomic E-state index is 6.26. The van der Waals surface area contributed by atoms with E-state index >= 15 is 0 Å². The Morgan fingerprint density at radius 2 is 2.10 bits per heavy atom. The molecule has 21 heavy (non-hydrogen) atoms. The molecule has 2 rings (SSSR count). The van der Waals surface area contributed by atoms with Crippen LogP contribution in [0, 0.1) is 0 Å². The second-order valence-electron chi connectivity index (χ2n) is 4.55. The van der Waals surface area contributed by atoms with Crippen LogP contribution in [0.15, 0.2) is 28.7 Å². The number of hydrogen-bond acceptors (Lipinski definition) is 4. The second-order valence-corrected chi connectivity index (χ2v) is 5.87. The van der Waals surface area contributed by atoms with Crippen molar-refractivity contribution in [3.05, 3.63) is 39.5 Å². The third kappa shape index (κ3) is 4.40. The van der Waals surface area contributed by atoms with E-state index in [2.05, 4.69) is 38.1 Å². The van der Waals surface area contributed by atoms with Gasteiger partial charge in [-0.15, -0.1) is 0 Å². The van der Waals surface area contributed by atoms with Crippen molar-refractivity contribution in [1.29, 1.82) is 0 Å².